The van der Waals surface area contributed by atoms with Gasteiger partial charge in [0.1, 0.15) is 4.90 Å². The van der Waals surface area contributed by atoms with Crippen LogP contribution in [0.5, 0.6) is 0 Å². The Bertz CT molecular complexity index is 1210. The van der Waals surface area contributed by atoms with E-state index in [4.69, 9.17) is 27.9 Å². The Balaban J connectivity index is 1.48. The minimum Gasteiger partial charge on any atom is -0.456 e. The average molecular weight is 481 g/mol. The third-order valence-electron chi connectivity index (χ3n) is 4.24. The second kappa shape index (κ2) is 10.1. The van der Waals surface area contributed by atoms with Crippen LogP contribution < -0.4 is 10.0 Å². The number of rotatable bonds is 8. The molecule has 1 amide bonds. The lowest BCUT2D eigenvalue weighted by Gasteiger charge is -2.11. The minimum absolute atomic E-state index is 0.0346. The van der Waals surface area contributed by atoms with E-state index in [1.807, 2.05) is 30.3 Å². The quantitative estimate of drug-likeness (QED) is 0.474. The Morgan fingerprint density at radius 2 is 1.55 bits per heavy atom. The van der Waals surface area contributed by atoms with Gasteiger partial charge in [-0.15, -0.1) is 0 Å². The largest absolute Gasteiger partial charge is 0.456 e. The number of carbonyl (C=O) groups is 2. The number of esters is 1. The lowest BCUT2D eigenvalue weighted by Crippen LogP contribution is -2.28. The van der Waals surface area contributed by atoms with Gasteiger partial charge in [0.05, 0.1) is 16.5 Å². The summed E-state index contributed by atoms with van der Waals surface area (Å²) in [7, 11) is -4.01. The van der Waals surface area contributed by atoms with Crippen molar-refractivity contribution in [2.24, 2.45) is 0 Å². The number of nitrogens with one attached hydrogen (secondary N) is 2. The zero-order valence-corrected chi connectivity index (χ0v) is 18.4. The molecule has 0 atom stereocenters. The molecule has 0 heterocycles. The molecule has 0 unspecified atom stereocenters. The first-order valence-electron chi connectivity index (χ1n) is 9.15. The molecular formula is C21H18Cl2N2O5S. The van der Waals surface area contributed by atoms with Crippen molar-refractivity contribution < 1.29 is 22.7 Å². The first-order chi connectivity index (χ1) is 14.8. The number of benzene rings is 3. The summed E-state index contributed by atoms with van der Waals surface area (Å²) in [6, 6.07) is 17.3. The topological polar surface area (TPSA) is 102 Å². The molecule has 7 nitrogen and oxygen atoms in total. The van der Waals surface area contributed by atoms with Crippen LogP contribution >= 0.6 is 23.2 Å². The number of amides is 1. The van der Waals surface area contributed by atoms with Gasteiger partial charge < -0.3 is 10.1 Å². The van der Waals surface area contributed by atoms with Crippen molar-refractivity contribution >= 4 is 61.6 Å². The molecule has 162 valence electrons. The number of fused-ring (bicyclic) bond motifs is 1. The van der Waals surface area contributed by atoms with Crippen molar-refractivity contribution in [1.29, 1.82) is 0 Å². The summed E-state index contributed by atoms with van der Waals surface area (Å²) < 4.78 is 31.8. The van der Waals surface area contributed by atoms with Gasteiger partial charge in [0.25, 0.3) is 5.91 Å². The van der Waals surface area contributed by atoms with E-state index in [-0.39, 0.29) is 27.9 Å². The first-order valence-corrected chi connectivity index (χ1v) is 11.4. The summed E-state index contributed by atoms with van der Waals surface area (Å²) in [6.07, 6.45) is -0.275. The van der Waals surface area contributed by atoms with E-state index in [0.29, 0.717) is 5.69 Å². The number of anilines is 1. The summed E-state index contributed by atoms with van der Waals surface area (Å²) in [4.78, 5) is 23.7. The van der Waals surface area contributed by atoms with Gasteiger partial charge in [-0.2, -0.15) is 0 Å². The number of halogens is 2. The van der Waals surface area contributed by atoms with Gasteiger partial charge in [-0.1, -0.05) is 65.7 Å². The van der Waals surface area contributed by atoms with Gasteiger partial charge in [0, 0.05) is 17.6 Å². The van der Waals surface area contributed by atoms with Crippen LogP contribution in [0.2, 0.25) is 10.0 Å². The lowest BCUT2D eigenvalue weighted by atomic mass is 10.1. The molecule has 0 aliphatic rings. The van der Waals surface area contributed by atoms with Gasteiger partial charge in [0.15, 0.2) is 6.61 Å². The highest BCUT2D eigenvalue weighted by atomic mass is 35.5. The number of ether oxygens (including phenoxy) is 1. The second-order valence-corrected chi connectivity index (χ2v) is 8.95. The monoisotopic (exact) mass is 480 g/mol. The maximum Gasteiger partial charge on any atom is 0.307 e. The number of hydrogen-bond acceptors (Lipinski definition) is 5. The van der Waals surface area contributed by atoms with Crippen LogP contribution in [0, 0.1) is 0 Å². The molecule has 0 saturated heterocycles. The summed E-state index contributed by atoms with van der Waals surface area (Å²) in [5, 5.41) is 4.45. The van der Waals surface area contributed by atoms with E-state index in [1.165, 1.54) is 18.2 Å². The molecule has 2 N–H and O–H groups in total. The Morgan fingerprint density at radius 1 is 0.903 bits per heavy atom. The molecule has 31 heavy (non-hydrogen) atoms. The first kappa shape index (κ1) is 23.0. The molecule has 0 fully saturated rings. The third-order valence-corrected chi connectivity index (χ3v) is 6.65. The van der Waals surface area contributed by atoms with E-state index in [2.05, 4.69) is 10.0 Å². The molecule has 3 rings (SSSR count). The van der Waals surface area contributed by atoms with Gasteiger partial charge in [-0.05, 0) is 23.6 Å². The van der Waals surface area contributed by atoms with Crippen LogP contribution in [0.15, 0.2) is 65.6 Å². The van der Waals surface area contributed by atoms with Crippen molar-refractivity contribution in [3.05, 3.63) is 70.7 Å². The zero-order chi connectivity index (χ0) is 22.4. The normalized spacial score (nSPS) is 11.3. The predicted molar refractivity (Wildman–Crippen MR) is 120 cm³/mol. The Labute approximate surface area is 189 Å². The van der Waals surface area contributed by atoms with Gasteiger partial charge in [0.2, 0.25) is 10.0 Å². The molecule has 3 aromatic carbocycles. The summed E-state index contributed by atoms with van der Waals surface area (Å²) in [6.45, 7) is -0.737. The van der Waals surface area contributed by atoms with Crippen molar-refractivity contribution in [2.75, 3.05) is 18.5 Å². The molecule has 0 aliphatic heterocycles. The van der Waals surface area contributed by atoms with E-state index >= 15 is 0 Å². The maximum absolute atomic E-state index is 12.3. The van der Waals surface area contributed by atoms with Gasteiger partial charge in [-0.25, -0.2) is 13.1 Å². The molecular weight excluding hydrogens is 463 g/mol. The molecule has 3 aromatic rings. The SMILES string of the molecule is O=C(COC(=O)CCNS(=O)(=O)c1c(Cl)cccc1Cl)Nc1cccc2ccccc12. The molecule has 0 spiro atoms. The minimum atomic E-state index is -4.01. The van der Waals surface area contributed by atoms with Crippen molar-refractivity contribution in [3.63, 3.8) is 0 Å². The van der Waals surface area contributed by atoms with E-state index < -0.39 is 28.5 Å². The van der Waals surface area contributed by atoms with Gasteiger partial charge in [-0.3, -0.25) is 9.59 Å². The van der Waals surface area contributed by atoms with Crippen LogP contribution in [0.4, 0.5) is 5.69 Å². The van der Waals surface area contributed by atoms with E-state index in [1.54, 1.807) is 12.1 Å². The van der Waals surface area contributed by atoms with Crippen LogP contribution in [0.25, 0.3) is 10.8 Å². The van der Waals surface area contributed by atoms with Gasteiger partial charge >= 0.3 is 5.97 Å². The molecule has 0 aromatic heterocycles. The molecule has 10 heteroatoms. The van der Waals surface area contributed by atoms with Crippen LogP contribution in [-0.4, -0.2) is 33.4 Å². The standard InChI is InChI=1S/C21H18Cl2N2O5S/c22-16-8-4-9-17(23)21(16)31(28,29)24-12-11-20(27)30-13-19(26)25-18-10-3-6-14-5-1-2-7-15(14)18/h1-10,24H,11-13H2,(H,25,26). The van der Waals surface area contributed by atoms with Crippen molar-refractivity contribution in [3.8, 4) is 0 Å². The van der Waals surface area contributed by atoms with E-state index in [9.17, 15) is 18.0 Å². The fraction of sp³-hybridized carbons (Fsp3) is 0.143. The molecule has 0 bridgehead atoms. The summed E-state index contributed by atoms with van der Waals surface area (Å²) in [5.41, 5.74) is 0.600. The highest BCUT2D eigenvalue weighted by Gasteiger charge is 2.21. The number of hydrogen-bond donors (Lipinski definition) is 2. The summed E-state index contributed by atoms with van der Waals surface area (Å²) in [5.74, 6) is -1.24. The third kappa shape index (κ3) is 5.95. The van der Waals surface area contributed by atoms with Crippen molar-refractivity contribution in [1.82, 2.24) is 4.72 Å². The Hall–Kier alpha value is -2.65. The highest BCUT2D eigenvalue weighted by molar-refractivity contribution is 7.89. The smallest absolute Gasteiger partial charge is 0.307 e. The molecule has 0 saturated carbocycles. The van der Waals surface area contributed by atoms with Crippen LogP contribution in [-0.2, 0) is 24.3 Å². The predicted octanol–water partition coefficient (Wildman–Crippen LogP) is 4.00. The van der Waals surface area contributed by atoms with Crippen LogP contribution in [0.3, 0.4) is 0 Å². The maximum atomic E-state index is 12.3. The molecule has 0 aliphatic carbocycles. The average Bonchev–Trinajstić information content (AvgIpc) is 2.72. The second-order valence-electron chi connectivity index (χ2n) is 6.43. The van der Waals surface area contributed by atoms with E-state index in [0.717, 1.165) is 10.8 Å². The molecule has 0 radical (unpaired) electrons. The number of carbonyl (C=O) groups excluding carboxylic acids is 2. The fourth-order valence-electron chi connectivity index (χ4n) is 2.84. The fourth-order valence-corrected chi connectivity index (χ4v) is 5.01. The van der Waals surface area contributed by atoms with Crippen molar-refractivity contribution in [2.45, 2.75) is 11.3 Å². The Morgan fingerprint density at radius 3 is 2.29 bits per heavy atom. The Kier molecular flexibility index (Phi) is 7.50. The lowest BCUT2D eigenvalue weighted by molar-refractivity contribution is -0.147. The number of sulfonamides is 1. The zero-order valence-electron chi connectivity index (χ0n) is 16.1. The highest BCUT2D eigenvalue weighted by Crippen LogP contribution is 2.28. The van der Waals surface area contributed by atoms with Crippen LogP contribution in [0.1, 0.15) is 6.42 Å². The summed E-state index contributed by atoms with van der Waals surface area (Å²) >= 11 is 11.8.